The van der Waals surface area contributed by atoms with Gasteiger partial charge in [0.15, 0.2) is 0 Å². The highest BCUT2D eigenvalue weighted by Crippen LogP contribution is 2.16. The first kappa shape index (κ1) is 12.2. The first-order valence-corrected chi connectivity index (χ1v) is 5.38. The average molecular weight is 214 g/mol. The molecule has 0 bridgehead atoms. The number of aliphatic hydroxyl groups excluding tert-OH is 2. The third-order valence-corrected chi connectivity index (χ3v) is 2.52. The molecule has 0 spiro atoms. The van der Waals surface area contributed by atoms with E-state index in [-0.39, 0.29) is 0 Å². The molecule has 0 aromatic rings. The quantitative estimate of drug-likeness (QED) is 0.663. The SMILES string of the molecule is CCCC[C@H](O)[C@H](O)[C@@H]1CC=CC(=O)O1. The molecule has 0 amide bonds. The van der Waals surface area contributed by atoms with Crippen molar-refractivity contribution in [1.29, 1.82) is 0 Å². The van der Waals surface area contributed by atoms with Crippen LogP contribution in [-0.4, -0.2) is 34.5 Å². The van der Waals surface area contributed by atoms with Crippen LogP contribution in [0.1, 0.15) is 32.6 Å². The first-order chi connectivity index (χ1) is 7.15. The summed E-state index contributed by atoms with van der Waals surface area (Å²) in [5, 5.41) is 19.3. The van der Waals surface area contributed by atoms with Crippen molar-refractivity contribution in [2.45, 2.75) is 50.9 Å². The van der Waals surface area contributed by atoms with Crippen LogP contribution in [0, 0.1) is 0 Å². The Morgan fingerprint density at radius 3 is 2.93 bits per heavy atom. The molecule has 1 heterocycles. The highest BCUT2D eigenvalue weighted by molar-refractivity contribution is 5.82. The fraction of sp³-hybridized carbons (Fsp3) is 0.727. The fourth-order valence-corrected chi connectivity index (χ4v) is 1.58. The Bertz CT molecular complexity index is 237. The van der Waals surface area contributed by atoms with Gasteiger partial charge >= 0.3 is 5.97 Å². The molecule has 0 fully saturated rings. The number of unbranched alkanes of at least 4 members (excludes halogenated alkanes) is 1. The van der Waals surface area contributed by atoms with E-state index >= 15 is 0 Å². The number of hydrogen-bond acceptors (Lipinski definition) is 4. The van der Waals surface area contributed by atoms with Crippen LogP contribution < -0.4 is 0 Å². The maximum atomic E-state index is 10.9. The van der Waals surface area contributed by atoms with Gasteiger partial charge in [0, 0.05) is 12.5 Å². The van der Waals surface area contributed by atoms with E-state index in [4.69, 9.17) is 4.74 Å². The second kappa shape index (κ2) is 5.88. The van der Waals surface area contributed by atoms with Crippen LogP contribution >= 0.6 is 0 Å². The summed E-state index contributed by atoms with van der Waals surface area (Å²) in [6.07, 6.45) is 3.43. The molecule has 3 atom stereocenters. The lowest BCUT2D eigenvalue weighted by Crippen LogP contribution is -2.40. The van der Waals surface area contributed by atoms with Crippen LogP contribution in [0.25, 0.3) is 0 Å². The predicted octanol–water partition coefficient (Wildman–Crippen LogP) is 0.770. The van der Waals surface area contributed by atoms with E-state index in [0.29, 0.717) is 12.8 Å². The molecule has 4 nitrogen and oxygen atoms in total. The minimum absolute atomic E-state index is 0.451. The lowest BCUT2D eigenvalue weighted by atomic mass is 9.99. The summed E-state index contributed by atoms with van der Waals surface area (Å²) < 4.78 is 4.91. The second-order valence-corrected chi connectivity index (χ2v) is 3.81. The number of ether oxygens (including phenoxy) is 1. The first-order valence-electron chi connectivity index (χ1n) is 5.38. The van der Waals surface area contributed by atoms with Gasteiger partial charge in [0.1, 0.15) is 12.2 Å². The Balaban J connectivity index is 2.41. The maximum Gasteiger partial charge on any atom is 0.330 e. The van der Waals surface area contributed by atoms with Crippen LogP contribution in [0.3, 0.4) is 0 Å². The zero-order valence-electron chi connectivity index (χ0n) is 8.93. The van der Waals surface area contributed by atoms with Crippen molar-refractivity contribution in [3.63, 3.8) is 0 Å². The average Bonchev–Trinajstić information content (AvgIpc) is 2.24. The summed E-state index contributed by atoms with van der Waals surface area (Å²) in [6, 6.07) is 0. The number of aliphatic hydroxyl groups is 2. The number of hydrogen-bond donors (Lipinski definition) is 2. The highest BCUT2D eigenvalue weighted by Gasteiger charge is 2.29. The van der Waals surface area contributed by atoms with Crippen LogP contribution in [0.5, 0.6) is 0 Å². The van der Waals surface area contributed by atoms with Gasteiger partial charge in [-0.3, -0.25) is 0 Å². The van der Waals surface area contributed by atoms with Gasteiger partial charge in [-0.25, -0.2) is 4.79 Å². The third kappa shape index (κ3) is 3.64. The molecule has 1 aliphatic rings. The Morgan fingerprint density at radius 1 is 1.60 bits per heavy atom. The van der Waals surface area contributed by atoms with E-state index in [9.17, 15) is 15.0 Å². The largest absolute Gasteiger partial charge is 0.456 e. The minimum Gasteiger partial charge on any atom is -0.456 e. The number of cyclic esters (lactones) is 1. The number of carbonyl (C=O) groups is 1. The summed E-state index contributed by atoms with van der Waals surface area (Å²) in [5.74, 6) is -0.451. The van der Waals surface area contributed by atoms with Crippen molar-refractivity contribution in [2.75, 3.05) is 0 Å². The maximum absolute atomic E-state index is 10.9. The molecule has 0 aromatic carbocycles. The Morgan fingerprint density at radius 2 is 2.33 bits per heavy atom. The summed E-state index contributed by atoms with van der Waals surface area (Å²) in [7, 11) is 0. The van der Waals surface area contributed by atoms with Crippen molar-refractivity contribution in [3.8, 4) is 0 Å². The van der Waals surface area contributed by atoms with Gasteiger partial charge in [0.25, 0.3) is 0 Å². The van der Waals surface area contributed by atoms with Gasteiger partial charge in [0.2, 0.25) is 0 Å². The van der Waals surface area contributed by atoms with E-state index in [1.165, 1.54) is 6.08 Å². The van der Waals surface area contributed by atoms with Crippen molar-refractivity contribution in [1.82, 2.24) is 0 Å². The molecular formula is C11H18O4. The van der Waals surface area contributed by atoms with Gasteiger partial charge in [-0.05, 0) is 6.42 Å². The van der Waals surface area contributed by atoms with Gasteiger partial charge in [-0.1, -0.05) is 25.8 Å². The molecule has 15 heavy (non-hydrogen) atoms. The molecule has 2 N–H and O–H groups in total. The van der Waals surface area contributed by atoms with E-state index in [1.54, 1.807) is 6.08 Å². The molecule has 0 unspecified atom stereocenters. The standard InChI is InChI=1S/C11H18O4/c1-2-3-5-8(12)11(14)9-6-4-7-10(13)15-9/h4,7-9,11-12,14H,2-3,5-6H2,1H3/t8-,9-,11-/m0/s1. The molecule has 1 rings (SSSR count). The third-order valence-electron chi connectivity index (χ3n) is 2.52. The monoisotopic (exact) mass is 214 g/mol. The second-order valence-electron chi connectivity index (χ2n) is 3.81. The Kier molecular flexibility index (Phi) is 4.78. The van der Waals surface area contributed by atoms with Gasteiger partial charge < -0.3 is 14.9 Å². The van der Waals surface area contributed by atoms with Crippen molar-refractivity contribution < 1.29 is 19.7 Å². The van der Waals surface area contributed by atoms with E-state index in [2.05, 4.69) is 0 Å². The summed E-state index contributed by atoms with van der Waals surface area (Å²) in [4.78, 5) is 10.9. The molecular weight excluding hydrogens is 196 g/mol. The van der Waals surface area contributed by atoms with Crippen molar-refractivity contribution >= 4 is 5.97 Å². The molecule has 0 aliphatic carbocycles. The highest BCUT2D eigenvalue weighted by atomic mass is 16.6. The molecule has 0 aromatic heterocycles. The van der Waals surface area contributed by atoms with Crippen LogP contribution in [0.2, 0.25) is 0 Å². The van der Waals surface area contributed by atoms with E-state index in [0.717, 1.165) is 12.8 Å². The summed E-state index contributed by atoms with van der Waals surface area (Å²) in [6.45, 7) is 2.02. The van der Waals surface area contributed by atoms with E-state index in [1.807, 2.05) is 6.92 Å². The summed E-state index contributed by atoms with van der Waals surface area (Å²) in [5.41, 5.74) is 0. The van der Waals surface area contributed by atoms with Crippen LogP contribution in [-0.2, 0) is 9.53 Å². The zero-order valence-corrected chi connectivity index (χ0v) is 8.93. The minimum atomic E-state index is -0.981. The fourth-order valence-electron chi connectivity index (χ4n) is 1.58. The van der Waals surface area contributed by atoms with Crippen molar-refractivity contribution in [2.24, 2.45) is 0 Å². The smallest absolute Gasteiger partial charge is 0.330 e. The van der Waals surface area contributed by atoms with Crippen LogP contribution in [0.4, 0.5) is 0 Å². The summed E-state index contributed by atoms with van der Waals surface area (Å²) >= 11 is 0. The Labute approximate surface area is 89.6 Å². The zero-order chi connectivity index (χ0) is 11.3. The lowest BCUT2D eigenvalue weighted by molar-refractivity contribution is -0.155. The van der Waals surface area contributed by atoms with Crippen LogP contribution in [0.15, 0.2) is 12.2 Å². The van der Waals surface area contributed by atoms with Gasteiger partial charge in [-0.15, -0.1) is 0 Å². The van der Waals surface area contributed by atoms with Gasteiger partial charge in [-0.2, -0.15) is 0 Å². The number of esters is 1. The van der Waals surface area contributed by atoms with Gasteiger partial charge in [0.05, 0.1) is 6.10 Å². The molecule has 0 saturated heterocycles. The molecule has 86 valence electrons. The number of carbonyl (C=O) groups excluding carboxylic acids is 1. The molecule has 0 saturated carbocycles. The lowest BCUT2D eigenvalue weighted by Gasteiger charge is -2.27. The molecule has 0 radical (unpaired) electrons. The number of rotatable bonds is 5. The topological polar surface area (TPSA) is 66.8 Å². The van der Waals surface area contributed by atoms with Crippen molar-refractivity contribution in [3.05, 3.63) is 12.2 Å². The molecule has 1 aliphatic heterocycles. The molecule has 4 heteroatoms. The Hall–Kier alpha value is -0.870. The van der Waals surface area contributed by atoms with E-state index < -0.39 is 24.3 Å². The predicted molar refractivity (Wildman–Crippen MR) is 55.2 cm³/mol. The normalized spacial score (nSPS) is 24.7.